The molecule has 1 N–H and O–H groups in total. The van der Waals surface area contributed by atoms with Gasteiger partial charge in [0.2, 0.25) is 0 Å². The second-order valence-corrected chi connectivity index (χ2v) is 2.94. The lowest BCUT2D eigenvalue weighted by Crippen LogP contribution is -2.96. The van der Waals surface area contributed by atoms with Crippen molar-refractivity contribution in [2.75, 3.05) is 0 Å². The van der Waals surface area contributed by atoms with Crippen molar-refractivity contribution in [3.05, 3.63) is 39.2 Å². The molecule has 0 saturated carbocycles. The number of aryl methyl sites for hydroxylation is 2. The Balaban J connectivity index is 3.31. The summed E-state index contributed by atoms with van der Waals surface area (Å²) in [6.07, 6.45) is 0.694. The van der Waals surface area contributed by atoms with Gasteiger partial charge in [0.25, 0.3) is 0 Å². The average molecular weight is 180 g/mol. The van der Waals surface area contributed by atoms with Gasteiger partial charge in [-0.3, -0.25) is 4.79 Å². The normalized spacial score (nSPS) is 10.5. The maximum atomic E-state index is 10.6. The molecule has 0 spiro atoms. The van der Waals surface area contributed by atoms with Crippen molar-refractivity contribution < 1.29 is 10.0 Å². The van der Waals surface area contributed by atoms with Crippen LogP contribution in [0.25, 0.3) is 0 Å². The van der Waals surface area contributed by atoms with Gasteiger partial charge in [-0.15, -0.1) is 0 Å². The topological polar surface area (TPSA) is 67.6 Å². The van der Waals surface area contributed by atoms with Gasteiger partial charge in [-0.25, -0.2) is 0 Å². The predicted molar refractivity (Wildman–Crippen MR) is 48.7 cm³/mol. The third kappa shape index (κ3) is 1.92. The van der Waals surface area contributed by atoms with E-state index in [1.54, 1.807) is 13.8 Å². The molecule has 0 amide bonds. The van der Waals surface area contributed by atoms with E-state index in [2.05, 4.69) is 0 Å². The number of hydrogen-bond acceptors (Lipinski definition) is 3. The van der Waals surface area contributed by atoms with Gasteiger partial charge in [0.05, 0.1) is 0 Å². The van der Waals surface area contributed by atoms with Crippen LogP contribution in [0.4, 0.5) is 5.69 Å². The van der Waals surface area contributed by atoms with Crippen molar-refractivity contribution in [3.63, 3.8) is 0 Å². The Hall–Kier alpha value is -1.23. The average Bonchev–Trinajstić information content (AvgIpc) is 2.02. The number of nitrogens with one attached hydrogen (secondary N) is 1. The number of quaternary nitrogens is 1. The van der Waals surface area contributed by atoms with Crippen LogP contribution in [0, 0.1) is 24.3 Å². The minimum Gasteiger partial charge on any atom is -0.628 e. The first-order valence-corrected chi connectivity index (χ1v) is 3.84. The highest BCUT2D eigenvalue weighted by molar-refractivity contribution is 5.77. The van der Waals surface area contributed by atoms with Crippen LogP contribution >= 0.6 is 0 Å². The number of benzene rings is 1. The Labute approximate surface area is 75.9 Å². The Morgan fingerprint density at radius 1 is 1.23 bits per heavy atom. The van der Waals surface area contributed by atoms with E-state index >= 15 is 0 Å². The summed E-state index contributed by atoms with van der Waals surface area (Å²) in [5, 5.41) is 20.1. The molecule has 0 radical (unpaired) electrons. The molecule has 1 aromatic rings. The Morgan fingerprint density at radius 3 is 2.00 bits per heavy atom. The fraction of sp³-hybridized carbons (Fsp3) is 0.222. The molecule has 0 unspecified atom stereocenters. The van der Waals surface area contributed by atoms with Crippen LogP contribution in [0.2, 0.25) is 0 Å². The van der Waals surface area contributed by atoms with Crippen molar-refractivity contribution in [1.82, 2.24) is 0 Å². The number of carbonyl (C=O) groups excluding carboxylic acids is 1. The summed E-state index contributed by atoms with van der Waals surface area (Å²) in [5.41, 5.74) is 1.77. The summed E-state index contributed by atoms with van der Waals surface area (Å²) in [5.74, 6) is 0. The molecule has 0 heterocycles. The summed E-state index contributed by atoms with van der Waals surface area (Å²) < 4.78 is 0. The first-order chi connectivity index (χ1) is 6.06. The van der Waals surface area contributed by atoms with Crippen LogP contribution in [0.3, 0.4) is 0 Å². The molecule has 0 saturated heterocycles. The molecule has 70 valence electrons. The molecule has 13 heavy (non-hydrogen) atoms. The third-order valence-electron chi connectivity index (χ3n) is 1.90. The van der Waals surface area contributed by atoms with Gasteiger partial charge in [0, 0.05) is 16.7 Å². The third-order valence-corrected chi connectivity index (χ3v) is 1.90. The fourth-order valence-electron chi connectivity index (χ4n) is 1.39. The SMILES string of the molecule is Cc1cc(C=O)cc(C)c1[NH+]([O-])[O-]. The molecule has 0 atom stereocenters. The minimum atomic E-state index is -1.20. The van der Waals surface area contributed by atoms with Gasteiger partial charge in [-0.05, 0) is 26.0 Å². The highest BCUT2D eigenvalue weighted by Gasteiger charge is 2.06. The summed E-state index contributed by atoms with van der Waals surface area (Å²) >= 11 is 0. The molecule has 0 aliphatic carbocycles. The number of hydrogen-bond donors (Lipinski definition) is 1. The van der Waals surface area contributed by atoms with Crippen molar-refractivity contribution in [2.45, 2.75) is 13.8 Å². The van der Waals surface area contributed by atoms with E-state index in [1.807, 2.05) is 0 Å². The molecule has 0 aromatic heterocycles. The Bertz CT molecular complexity index is 311. The van der Waals surface area contributed by atoms with Crippen molar-refractivity contribution in [1.29, 1.82) is 0 Å². The van der Waals surface area contributed by atoms with Gasteiger partial charge in [-0.2, -0.15) is 0 Å². The maximum Gasteiger partial charge on any atom is 0.150 e. The smallest absolute Gasteiger partial charge is 0.150 e. The molecular weight excluding hydrogens is 170 g/mol. The van der Waals surface area contributed by atoms with Crippen LogP contribution in [-0.2, 0) is 0 Å². The van der Waals surface area contributed by atoms with Gasteiger partial charge in [-0.1, -0.05) is 0 Å². The van der Waals surface area contributed by atoms with Crippen LogP contribution in [0.5, 0.6) is 0 Å². The van der Waals surface area contributed by atoms with E-state index in [4.69, 9.17) is 0 Å². The first-order valence-electron chi connectivity index (χ1n) is 3.84. The zero-order valence-corrected chi connectivity index (χ0v) is 7.46. The maximum absolute atomic E-state index is 10.6. The van der Waals surface area contributed by atoms with E-state index in [1.165, 1.54) is 12.1 Å². The lowest BCUT2D eigenvalue weighted by Gasteiger charge is -2.28. The minimum absolute atomic E-state index is 0.172. The Kier molecular flexibility index (Phi) is 2.77. The lowest BCUT2D eigenvalue weighted by atomic mass is 10.1. The van der Waals surface area contributed by atoms with E-state index < -0.39 is 5.23 Å². The monoisotopic (exact) mass is 180 g/mol. The van der Waals surface area contributed by atoms with Crippen molar-refractivity contribution in [3.8, 4) is 0 Å². The molecule has 4 nitrogen and oxygen atoms in total. The lowest BCUT2D eigenvalue weighted by molar-refractivity contribution is -0.715. The van der Waals surface area contributed by atoms with Crippen LogP contribution in [-0.4, -0.2) is 6.29 Å². The number of carbonyl (C=O) groups is 1. The van der Waals surface area contributed by atoms with E-state index in [9.17, 15) is 15.2 Å². The second kappa shape index (κ2) is 3.66. The summed E-state index contributed by atoms with van der Waals surface area (Å²) in [6.45, 7) is 3.29. The largest absolute Gasteiger partial charge is 0.628 e. The van der Waals surface area contributed by atoms with E-state index in [-0.39, 0.29) is 5.69 Å². The molecular formula is C9H10NO3-. The second-order valence-electron chi connectivity index (χ2n) is 2.94. The molecule has 0 bridgehead atoms. The predicted octanol–water partition coefficient (Wildman–Crippen LogP) is 0.628. The summed E-state index contributed by atoms with van der Waals surface area (Å²) in [6, 6.07) is 3.07. The fourth-order valence-corrected chi connectivity index (χ4v) is 1.39. The van der Waals surface area contributed by atoms with Gasteiger partial charge in [0.15, 0.2) is 0 Å². The zero-order valence-electron chi connectivity index (χ0n) is 7.46. The standard InChI is InChI=1S/C9H10NO3/c1-6-3-8(5-11)4-7(2)9(6)10(12)13/h3-5,10H,1-2H3/q-1. The molecule has 1 rings (SSSR count). The van der Waals surface area contributed by atoms with Crippen LogP contribution in [0.15, 0.2) is 12.1 Å². The van der Waals surface area contributed by atoms with Gasteiger partial charge < -0.3 is 15.6 Å². The molecule has 1 aromatic carbocycles. The molecule has 4 heteroatoms. The van der Waals surface area contributed by atoms with Gasteiger partial charge in [0.1, 0.15) is 12.0 Å². The van der Waals surface area contributed by atoms with E-state index in [0.29, 0.717) is 23.0 Å². The quantitative estimate of drug-likeness (QED) is 0.536. The molecule has 0 aliphatic heterocycles. The van der Waals surface area contributed by atoms with Crippen LogP contribution < -0.4 is 5.23 Å². The highest BCUT2D eigenvalue weighted by atomic mass is 16.8. The zero-order chi connectivity index (χ0) is 10.0. The Morgan fingerprint density at radius 2 is 1.69 bits per heavy atom. The first kappa shape index (κ1) is 9.85. The number of rotatable bonds is 2. The highest BCUT2D eigenvalue weighted by Crippen LogP contribution is 2.17. The van der Waals surface area contributed by atoms with Crippen LogP contribution in [0.1, 0.15) is 21.5 Å². The van der Waals surface area contributed by atoms with Crippen molar-refractivity contribution >= 4 is 12.0 Å². The number of aldehydes is 1. The summed E-state index contributed by atoms with van der Waals surface area (Å²) in [4.78, 5) is 10.4. The van der Waals surface area contributed by atoms with Crippen molar-refractivity contribution in [2.24, 2.45) is 0 Å². The molecule has 0 fully saturated rings. The van der Waals surface area contributed by atoms with Gasteiger partial charge >= 0.3 is 0 Å². The molecule has 0 aliphatic rings. The summed E-state index contributed by atoms with van der Waals surface area (Å²) in [7, 11) is 0. The van der Waals surface area contributed by atoms with E-state index in [0.717, 1.165) is 0 Å².